The van der Waals surface area contributed by atoms with Crippen LogP contribution in [-0.2, 0) is 14.2 Å². The van der Waals surface area contributed by atoms with Gasteiger partial charge in [0.25, 0.3) is 0 Å². The molecule has 140 valence electrons. The van der Waals surface area contributed by atoms with Gasteiger partial charge in [-0.15, -0.1) is 0 Å². The van der Waals surface area contributed by atoms with Crippen molar-refractivity contribution in [3.63, 3.8) is 0 Å². The van der Waals surface area contributed by atoms with Crippen LogP contribution in [0.15, 0.2) is 36.9 Å². The van der Waals surface area contributed by atoms with E-state index < -0.39 is 0 Å². The molecule has 1 aromatic carbocycles. The minimum Gasteiger partial charge on any atom is -0.465 e. The molecule has 25 heavy (non-hydrogen) atoms. The summed E-state index contributed by atoms with van der Waals surface area (Å²) in [5, 5.41) is 0. The maximum absolute atomic E-state index is 6.22. The first kappa shape index (κ1) is 20.0. The molecule has 3 atom stereocenters. The van der Waals surface area contributed by atoms with Gasteiger partial charge in [-0.3, -0.25) is 0 Å². The van der Waals surface area contributed by atoms with Gasteiger partial charge in [0.1, 0.15) is 5.76 Å². The second-order valence-corrected chi connectivity index (χ2v) is 8.01. The van der Waals surface area contributed by atoms with Gasteiger partial charge >= 0.3 is 0 Å². The highest BCUT2D eigenvalue weighted by Gasteiger charge is 2.37. The molecule has 1 fully saturated rings. The van der Waals surface area contributed by atoms with Crippen molar-refractivity contribution in [3.05, 3.63) is 42.5 Å². The second kappa shape index (κ2) is 9.40. The minimum absolute atomic E-state index is 0.0855. The van der Waals surface area contributed by atoms with Gasteiger partial charge in [0.2, 0.25) is 6.29 Å². The van der Waals surface area contributed by atoms with Crippen molar-refractivity contribution in [2.24, 2.45) is 5.41 Å². The fraction of sp³-hybridized carbons (Fsp3) is 0.636. The molecule has 0 aliphatic carbocycles. The van der Waals surface area contributed by atoms with E-state index in [-0.39, 0.29) is 24.1 Å². The molecule has 3 heteroatoms. The summed E-state index contributed by atoms with van der Waals surface area (Å²) in [5.74, 6) is 0.657. The molecule has 2 rings (SSSR count). The Morgan fingerprint density at radius 1 is 1.12 bits per heavy atom. The molecule has 0 spiro atoms. The standard InChI is InChI=1S/C22H34O3/c1-6-7-8-12-15-19-16-20(25-21(24-19)22(3,4)5)23-17(2)18-13-10-9-11-14-18/h9-11,13-14,19-21H,2,6-8,12,15-16H2,1,3-5H3/t19-,20+,21-/m0/s1. The topological polar surface area (TPSA) is 27.7 Å². The average Bonchev–Trinajstić information content (AvgIpc) is 2.58. The van der Waals surface area contributed by atoms with Gasteiger partial charge in [0, 0.05) is 17.4 Å². The molecule has 0 amide bonds. The maximum atomic E-state index is 6.22. The molecule has 0 N–H and O–H groups in total. The lowest BCUT2D eigenvalue weighted by Crippen LogP contribution is -2.45. The van der Waals surface area contributed by atoms with Crippen LogP contribution >= 0.6 is 0 Å². The highest BCUT2D eigenvalue weighted by atomic mass is 16.8. The zero-order valence-corrected chi connectivity index (χ0v) is 16.3. The SMILES string of the molecule is C=C(O[C@H]1C[C@H](CCCCCC)O[C@H](C(C)(C)C)O1)c1ccccc1. The van der Waals surface area contributed by atoms with E-state index in [4.69, 9.17) is 14.2 Å². The lowest BCUT2D eigenvalue weighted by molar-refractivity contribution is -0.321. The first-order chi connectivity index (χ1) is 11.9. The Kier molecular flexibility index (Phi) is 7.52. The van der Waals surface area contributed by atoms with Crippen LogP contribution < -0.4 is 0 Å². The van der Waals surface area contributed by atoms with E-state index in [9.17, 15) is 0 Å². The monoisotopic (exact) mass is 346 g/mol. The van der Waals surface area contributed by atoms with Gasteiger partial charge < -0.3 is 14.2 Å². The number of rotatable bonds is 8. The van der Waals surface area contributed by atoms with E-state index in [2.05, 4.69) is 34.3 Å². The van der Waals surface area contributed by atoms with Crippen molar-refractivity contribution in [1.82, 2.24) is 0 Å². The summed E-state index contributed by atoms with van der Waals surface area (Å²) in [5.41, 5.74) is 0.905. The van der Waals surface area contributed by atoms with Gasteiger partial charge in [0.15, 0.2) is 6.29 Å². The zero-order valence-electron chi connectivity index (χ0n) is 16.3. The zero-order chi connectivity index (χ0) is 18.3. The third-order valence-corrected chi connectivity index (χ3v) is 4.50. The van der Waals surface area contributed by atoms with E-state index in [0.717, 1.165) is 18.4 Å². The van der Waals surface area contributed by atoms with Crippen LogP contribution in [0.1, 0.15) is 71.8 Å². The van der Waals surface area contributed by atoms with E-state index >= 15 is 0 Å². The van der Waals surface area contributed by atoms with Gasteiger partial charge in [-0.05, 0) is 6.42 Å². The molecule has 1 heterocycles. The van der Waals surface area contributed by atoms with E-state index in [1.54, 1.807) is 0 Å². The molecule has 1 aromatic rings. The molecular formula is C22H34O3. The van der Waals surface area contributed by atoms with Crippen molar-refractivity contribution in [2.45, 2.75) is 84.9 Å². The first-order valence-corrected chi connectivity index (χ1v) is 9.62. The van der Waals surface area contributed by atoms with Crippen LogP contribution in [0.3, 0.4) is 0 Å². The molecule has 0 saturated carbocycles. The van der Waals surface area contributed by atoms with Gasteiger partial charge in [-0.2, -0.15) is 0 Å². The Morgan fingerprint density at radius 2 is 1.84 bits per heavy atom. The summed E-state index contributed by atoms with van der Waals surface area (Å²) in [6.45, 7) is 12.7. The number of hydrogen-bond donors (Lipinski definition) is 0. The Labute approximate surface area is 153 Å². The lowest BCUT2D eigenvalue weighted by atomic mass is 9.94. The quantitative estimate of drug-likeness (QED) is 0.417. The van der Waals surface area contributed by atoms with Gasteiger partial charge in [0.05, 0.1) is 6.10 Å². The predicted molar refractivity (Wildman–Crippen MR) is 103 cm³/mol. The summed E-state index contributed by atoms with van der Waals surface area (Å²) in [6, 6.07) is 9.98. The molecule has 0 unspecified atom stereocenters. The van der Waals surface area contributed by atoms with Crippen LogP contribution in [0.2, 0.25) is 0 Å². The summed E-state index contributed by atoms with van der Waals surface area (Å²) in [6.07, 6.45) is 6.44. The first-order valence-electron chi connectivity index (χ1n) is 9.62. The number of hydrogen-bond acceptors (Lipinski definition) is 3. The molecular weight excluding hydrogens is 312 g/mol. The van der Waals surface area contributed by atoms with Crippen molar-refractivity contribution in [2.75, 3.05) is 0 Å². The largest absolute Gasteiger partial charge is 0.465 e. The number of benzene rings is 1. The fourth-order valence-corrected chi connectivity index (χ4v) is 2.99. The second-order valence-electron chi connectivity index (χ2n) is 8.01. The van der Waals surface area contributed by atoms with Gasteiger partial charge in [-0.1, -0.05) is 90.3 Å². The smallest absolute Gasteiger partial charge is 0.205 e. The number of ether oxygens (including phenoxy) is 3. The highest BCUT2D eigenvalue weighted by Crippen LogP contribution is 2.34. The molecule has 1 aliphatic heterocycles. The van der Waals surface area contributed by atoms with Crippen LogP contribution in [0, 0.1) is 5.41 Å². The fourth-order valence-electron chi connectivity index (χ4n) is 2.99. The minimum atomic E-state index is -0.304. The van der Waals surface area contributed by atoms with Crippen molar-refractivity contribution >= 4 is 5.76 Å². The lowest BCUT2D eigenvalue weighted by Gasteiger charge is -2.41. The highest BCUT2D eigenvalue weighted by molar-refractivity contribution is 5.57. The molecule has 1 saturated heterocycles. The molecule has 0 bridgehead atoms. The van der Waals surface area contributed by atoms with Crippen molar-refractivity contribution in [3.8, 4) is 0 Å². The molecule has 1 aliphatic rings. The average molecular weight is 347 g/mol. The summed E-state index contributed by atoms with van der Waals surface area (Å²) in [4.78, 5) is 0. The van der Waals surface area contributed by atoms with Crippen molar-refractivity contribution in [1.29, 1.82) is 0 Å². The third-order valence-electron chi connectivity index (χ3n) is 4.50. The molecule has 0 radical (unpaired) electrons. The third kappa shape index (κ3) is 6.48. The summed E-state index contributed by atoms with van der Waals surface area (Å²) >= 11 is 0. The van der Waals surface area contributed by atoms with Crippen LogP contribution in [0.25, 0.3) is 5.76 Å². The Morgan fingerprint density at radius 3 is 2.48 bits per heavy atom. The Bertz CT molecular complexity index is 518. The van der Waals surface area contributed by atoms with E-state index in [1.807, 2.05) is 30.3 Å². The Hall–Kier alpha value is -1.32. The van der Waals surface area contributed by atoms with Crippen LogP contribution in [0.4, 0.5) is 0 Å². The number of unbranched alkanes of at least 4 members (excludes halogenated alkanes) is 3. The summed E-state index contributed by atoms with van der Waals surface area (Å²) < 4.78 is 18.4. The summed E-state index contributed by atoms with van der Waals surface area (Å²) in [7, 11) is 0. The van der Waals surface area contributed by atoms with Crippen LogP contribution in [-0.4, -0.2) is 18.7 Å². The van der Waals surface area contributed by atoms with Crippen LogP contribution in [0.5, 0.6) is 0 Å². The molecule has 3 nitrogen and oxygen atoms in total. The predicted octanol–water partition coefficient (Wildman–Crippen LogP) is 6.15. The van der Waals surface area contributed by atoms with E-state index in [1.165, 1.54) is 25.7 Å². The maximum Gasteiger partial charge on any atom is 0.205 e. The van der Waals surface area contributed by atoms with Gasteiger partial charge in [-0.25, -0.2) is 0 Å². The Balaban J connectivity index is 1.96. The van der Waals surface area contributed by atoms with Crippen molar-refractivity contribution < 1.29 is 14.2 Å². The molecule has 0 aromatic heterocycles. The normalized spacial score (nSPS) is 24.1. The van der Waals surface area contributed by atoms with E-state index in [0.29, 0.717) is 5.76 Å².